The lowest BCUT2D eigenvalue weighted by Crippen LogP contribution is -2.35. The molecular weight excluding hydrogens is 368 g/mol. The first-order valence-corrected chi connectivity index (χ1v) is 8.94. The molecule has 3 rings (SSSR count). The molecule has 1 aromatic heterocycles. The zero-order valence-electron chi connectivity index (χ0n) is 14.9. The van der Waals surface area contributed by atoms with Gasteiger partial charge in [-0.1, -0.05) is 11.6 Å². The molecule has 140 valence electrons. The predicted octanol–water partition coefficient (Wildman–Crippen LogP) is 3.00. The van der Waals surface area contributed by atoms with Crippen molar-refractivity contribution >= 4 is 29.2 Å². The molecule has 1 saturated heterocycles. The van der Waals surface area contributed by atoms with E-state index < -0.39 is 5.97 Å². The van der Waals surface area contributed by atoms with Crippen molar-refractivity contribution < 1.29 is 14.3 Å². The highest BCUT2D eigenvalue weighted by Gasteiger charge is 2.24. The molecule has 0 bridgehead atoms. The van der Waals surface area contributed by atoms with Crippen molar-refractivity contribution in [2.45, 2.75) is 19.3 Å². The van der Waals surface area contributed by atoms with Crippen LogP contribution >= 0.6 is 11.6 Å². The fraction of sp³-hybridized carbons (Fsp3) is 0.316. The highest BCUT2D eigenvalue weighted by molar-refractivity contribution is 6.32. The van der Waals surface area contributed by atoms with E-state index in [1.807, 2.05) is 11.0 Å². The molecule has 0 atom stereocenters. The summed E-state index contributed by atoms with van der Waals surface area (Å²) >= 11 is 6.32. The lowest BCUT2D eigenvalue weighted by Gasteiger charge is -2.27. The molecule has 0 unspecified atom stereocenters. The number of hydrogen-bond acceptors (Lipinski definition) is 5. The first-order valence-electron chi connectivity index (χ1n) is 8.56. The van der Waals surface area contributed by atoms with Crippen LogP contribution in [0.4, 0.5) is 5.69 Å². The number of nitrogens with zero attached hydrogens (tertiary/aromatic N) is 3. The van der Waals surface area contributed by atoms with Crippen LogP contribution in [0, 0.1) is 11.3 Å². The Kier molecular flexibility index (Phi) is 5.38. The van der Waals surface area contributed by atoms with Crippen LogP contribution < -0.4 is 5.73 Å². The Hall–Kier alpha value is -2.98. The molecule has 2 heterocycles. The number of esters is 1. The van der Waals surface area contributed by atoms with Crippen molar-refractivity contribution in [3.63, 3.8) is 0 Å². The summed E-state index contributed by atoms with van der Waals surface area (Å²) in [6.45, 7) is 1.44. The maximum atomic E-state index is 12.8. The predicted molar refractivity (Wildman–Crippen MR) is 101 cm³/mol. The molecule has 0 saturated carbocycles. The summed E-state index contributed by atoms with van der Waals surface area (Å²) in [6, 6.07) is 6.79. The van der Waals surface area contributed by atoms with E-state index in [1.165, 1.54) is 17.9 Å². The lowest BCUT2D eigenvalue weighted by molar-refractivity contribution is 0.0592. The quantitative estimate of drug-likeness (QED) is 0.817. The standard InChI is InChI=1S/C19H19ClN4O3/c1-27-19(26)17-16(22)13(10-21)11-24(17)15-9-12(5-6-14(15)20)18(25)23-7-3-2-4-8-23/h5-6,9,11H,2-4,7-8,22H2,1H3. The third-order valence-electron chi connectivity index (χ3n) is 4.64. The lowest BCUT2D eigenvalue weighted by atomic mass is 10.1. The van der Waals surface area contributed by atoms with Crippen LogP contribution in [0.3, 0.4) is 0 Å². The number of carbonyl (C=O) groups is 2. The first kappa shape index (κ1) is 18.8. The topological polar surface area (TPSA) is 101 Å². The van der Waals surface area contributed by atoms with Crippen LogP contribution in [0.25, 0.3) is 5.69 Å². The van der Waals surface area contributed by atoms with Crippen LogP contribution in [0.15, 0.2) is 24.4 Å². The Morgan fingerprint density at radius 2 is 1.96 bits per heavy atom. The van der Waals surface area contributed by atoms with Crippen LogP contribution in [0.5, 0.6) is 0 Å². The number of likely N-dealkylation sites (tertiary alicyclic amines) is 1. The number of piperidine rings is 1. The SMILES string of the molecule is COC(=O)c1c(N)c(C#N)cn1-c1cc(C(=O)N2CCCCC2)ccc1Cl. The monoisotopic (exact) mass is 386 g/mol. The molecule has 0 spiro atoms. The normalized spacial score (nSPS) is 13.9. The number of ether oxygens (including phenoxy) is 1. The minimum atomic E-state index is -0.696. The van der Waals surface area contributed by atoms with E-state index in [0.717, 1.165) is 32.4 Å². The smallest absolute Gasteiger partial charge is 0.357 e. The second-order valence-corrected chi connectivity index (χ2v) is 6.70. The van der Waals surface area contributed by atoms with Gasteiger partial charge in [-0.2, -0.15) is 5.26 Å². The second kappa shape index (κ2) is 7.72. The van der Waals surface area contributed by atoms with Crippen molar-refractivity contribution in [3.05, 3.63) is 46.2 Å². The van der Waals surface area contributed by atoms with Gasteiger partial charge in [-0.25, -0.2) is 4.79 Å². The highest BCUT2D eigenvalue weighted by Crippen LogP contribution is 2.30. The molecule has 1 aromatic carbocycles. The minimum absolute atomic E-state index is 0.00137. The van der Waals surface area contributed by atoms with Gasteiger partial charge in [-0.15, -0.1) is 0 Å². The summed E-state index contributed by atoms with van der Waals surface area (Å²) in [4.78, 5) is 26.8. The molecular formula is C19H19ClN4O3. The van der Waals surface area contributed by atoms with E-state index in [9.17, 15) is 14.9 Å². The fourth-order valence-electron chi connectivity index (χ4n) is 3.21. The average Bonchev–Trinajstić information content (AvgIpc) is 3.04. The Bertz CT molecular complexity index is 939. The molecule has 1 aliphatic heterocycles. The number of aromatic nitrogens is 1. The van der Waals surface area contributed by atoms with Crippen LogP contribution in [0.1, 0.15) is 45.7 Å². The number of anilines is 1. The van der Waals surface area contributed by atoms with Crippen molar-refractivity contribution in [3.8, 4) is 11.8 Å². The number of nitriles is 1. The molecule has 1 amide bonds. The van der Waals surface area contributed by atoms with E-state index in [2.05, 4.69) is 0 Å². The summed E-state index contributed by atoms with van der Waals surface area (Å²) < 4.78 is 6.18. The molecule has 0 aliphatic carbocycles. The van der Waals surface area contributed by atoms with Gasteiger partial charge in [0.05, 0.1) is 29.1 Å². The van der Waals surface area contributed by atoms with Crippen LogP contribution in [0.2, 0.25) is 5.02 Å². The molecule has 27 heavy (non-hydrogen) atoms. The zero-order chi connectivity index (χ0) is 19.6. The van der Waals surface area contributed by atoms with E-state index >= 15 is 0 Å². The highest BCUT2D eigenvalue weighted by atomic mass is 35.5. The fourth-order valence-corrected chi connectivity index (χ4v) is 3.42. The minimum Gasteiger partial charge on any atom is -0.464 e. The summed E-state index contributed by atoms with van der Waals surface area (Å²) in [5.74, 6) is -0.786. The maximum absolute atomic E-state index is 12.8. The van der Waals surface area contributed by atoms with Crippen molar-refractivity contribution in [2.75, 3.05) is 25.9 Å². The van der Waals surface area contributed by atoms with Crippen molar-refractivity contribution in [1.29, 1.82) is 5.26 Å². The molecule has 1 fully saturated rings. The number of hydrogen-bond donors (Lipinski definition) is 1. The Balaban J connectivity index is 2.09. The van der Waals surface area contributed by atoms with Crippen molar-refractivity contribution in [2.24, 2.45) is 0 Å². The number of carbonyl (C=O) groups excluding carboxylic acids is 2. The third-order valence-corrected chi connectivity index (χ3v) is 4.96. The summed E-state index contributed by atoms with van der Waals surface area (Å²) in [6.07, 6.45) is 4.51. The van der Waals surface area contributed by atoms with Gasteiger partial charge in [0.25, 0.3) is 5.91 Å². The number of halogens is 1. The summed E-state index contributed by atoms with van der Waals surface area (Å²) in [5, 5.41) is 9.57. The molecule has 2 aromatic rings. The third kappa shape index (κ3) is 3.49. The van der Waals surface area contributed by atoms with E-state index in [4.69, 9.17) is 22.1 Å². The Morgan fingerprint density at radius 1 is 1.26 bits per heavy atom. The van der Waals surface area contributed by atoms with E-state index in [1.54, 1.807) is 18.2 Å². The van der Waals surface area contributed by atoms with Crippen LogP contribution in [-0.2, 0) is 4.74 Å². The molecule has 1 aliphatic rings. The van der Waals surface area contributed by atoms with Gasteiger partial charge in [0.1, 0.15) is 6.07 Å². The number of methoxy groups -OCH3 is 1. The molecule has 2 N–H and O–H groups in total. The molecule has 8 heteroatoms. The zero-order valence-corrected chi connectivity index (χ0v) is 15.6. The van der Waals surface area contributed by atoms with E-state index in [0.29, 0.717) is 16.3 Å². The Morgan fingerprint density at radius 3 is 2.59 bits per heavy atom. The maximum Gasteiger partial charge on any atom is 0.357 e. The van der Waals surface area contributed by atoms with E-state index in [-0.39, 0.29) is 22.9 Å². The molecule has 7 nitrogen and oxygen atoms in total. The summed E-state index contributed by atoms with van der Waals surface area (Å²) in [7, 11) is 1.23. The van der Waals surface area contributed by atoms with Gasteiger partial charge in [-0.3, -0.25) is 4.79 Å². The summed E-state index contributed by atoms with van der Waals surface area (Å²) in [5.41, 5.74) is 6.90. The van der Waals surface area contributed by atoms with Gasteiger partial charge in [0.15, 0.2) is 5.69 Å². The van der Waals surface area contributed by atoms with Gasteiger partial charge in [0.2, 0.25) is 0 Å². The first-order chi connectivity index (χ1) is 13.0. The largest absolute Gasteiger partial charge is 0.464 e. The average molecular weight is 387 g/mol. The van der Waals surface area contributed by atoms with Crippen molar-refractivity contribution in [1.82, 2.24) is 9.47 Å². The second-order valence-electron chi connectivity index (χ2n) is 6.30. The number of nitrogens with two attached hydrogens (primary N) is 1. The Labute approximate surface area is 161 Å². The number of rotatable bonds is 3. The molecule has 0 radical (unpaired) electrons. The van der Waals surface area contributed by atoms with Gasteiger partial charge in [0, 0.05) is 24.8 Å². The van der Waals surface area contributed by atoms with Gasteiger partial charge >= 0.3 is 5.97 Å². The number of amides is 1. The number of nitrogen functional groups attached to an aromatic ring is 1. The number of benzene rings is 1. The van der Waals surface area contributed by atoms with Gasteiger partial charge < -0.3 is 19.9 Å². The van der Waals surface area contributed by atoms with Crippen LogP contribution in [-0.4, -0.2) is 41.5 Å². The van der Waals surface area contributed by atoms with Gasteiger partial charge in [-0.05, 0) is 37.5 Å².